The fraction of sp³-hybridized carbons (Fsp3) is 0.750. The Labute approximate surface area is 172 Å². The van der Waals surface area contributed by atoms with Gasteiger partial charge in [0.2, 0.25) is 0 Å². The second-order valence-corrected chi connectivity index (χ2v) is 9.45. The van der Waals surface area contributed by atoms with Crippen molar-refractivity contribution in [3.05, 3.63) is 29.8 Å². The van der Waals surface area contributed by atoms with Crippen molar-refractivity contribution in [2.24, 2.45) is 11.8 Å². The first-order valence-electron chi connectivity index (χ1n) is 11.4. The van der Waals surface area contributed by atoms with E-state index >= 15 is 0 Å². The summed E-state index contributed by atoms with van der Waals surface area (Å²) in [7, 11) is 0. The Morgan fingerprint density at radius 1 is 0.964 bits per heavy atom. The molecule has 4 heteroatoms. The van der Waals surface area contributed by atoms with Crippen LogP contribution in [0.5, 0.6) is 0 Å². The second kappa shape index (κ2) is 10.6. The molecule has 2 fully saturated rings. The molecule has 0 aliphatic carbocycles. The molecule has 3 rings (SSSR count). The number of hydrogen-bond donors (Lipinski definition) is 0. The van der Waals surface area contributed by atoms with E-state index in [1.807, 2.05) is 0 Å². The lowest BCUT2D eigenvalue weighted by Crippen LogP contribution is -2.49. The fourth-order valence-electron chi connectivity index (χ4n) is 4.32. The van der Waals surface area contributed by atoms with E-state index in [9.17, 15) is 0 Å². The highest BCUT2D eigenvalue weighted by Crippen LogP contribution is 2.22. The standard InChI is InChI=1S/C24H41N3O/c1-20(2)6-5-15-28-19-23-17-25(18-23)16-22-7-9-24(10-8-22)27-13-11-26(12-14-27)21(3)4/h7-10,20-21,23H,5-6,11-19H2,1-4H3. The summed E-state index contributed by atoms with van der Waals surface area (Å²) >= 11 is 0. The molecule has 2 saturated heterocycles. The molecule has 1 aromatic carbocycles. The summed E-state index contributed by atoms with van der Waals surface area (Å²) in [5.41, 5.74) is 2.81. The van der Waals surface area contributed by atoms with Crippen molar-refractivity contribution in [2.75, 3.05) is 57.4 Å². The van der Waals surface area contributed by atoms with Crippen molar-refractivity contribution in [3.63, 3.8) is 0 Å². The minimum atomic E-state index is 0.662. The number of rotatable bonds is 10. The van der Waals surface area contributed by atoms with E-state index in [2.05, 4.69) is 66.7 Å². The summed E-state index contributed by atoms with van der Waals surface area (Å²) in [6.45, 7) is 19.1. The van der Waals surface area contributed by atoms with Gasteiger partial charge in [-0.3, -0.25) is 9.80 Å². The van der Waals surface area contributed by atoms with Gasteiger partial charge in [-0.2, -0.15) is 0 Å². The van der Waals surface area contributed by atoms with Crippen LogP contribution in [0.4, 0.5) is 5.69 Å². The SMILES string of the molecule is CC(C)CCCOCC1CN(Cc2ccc(N3CCN(C(C)C)CC3)cc2)C1. The molecule has 0 amide bonds. The molecule has 2 heterocycles. The highest BCUT2D eigenvalue weighted by Gasteiger charge is 2.26. The zero-order valence-corrected chi connectivity index (χ0v) is 18.6. The third kappa shape index (κ3) is 6.47. The fourth-order valence-corrected chi connectivity index (χ4v) is 4.32. The first-order valence-corrected chi connectivity index (χ1v) is 11.4. The van der Waals surface area contributed by atoms with E-state index in [1.165, 1.54) is 50.3 Å². The first kappa shape index (κ1) is 21.6. The quantitative estimate of drug-likeness (QED) is 0.563. The van der Waals surface area contributed by atoms with Crippen LogP contribution < -0.4 is 4.90 Å². The molecular formula is C24H41N3O. The molecular weight excluding hydrogens is 346 g/mol. The Bertz CT molecular complexity index is 558. The summed E-state index contributed by atoms with van der Waals surface area (Å²) in [4.78, 5) is 7.64. The Hall–Kier alpha value is -1.10. The van der Waals surface area contributed by atoms with Gasteiger partial charge >= 0.3 is 0 Å². The lowest BCUT2D eigenvalue weighted by molar-refractivity contribution is 0.00912. The van der Waals surface area contributed by atoms with E-state index in [4.69, 9.17) is 4.74 Å². The highest BCUT2D eigenvalue weighted by molar-refractivity contribution is 5.48. The maximum Gasteiger partial charge on any atom is 0.0518 e. The molecule has 0 spiro atoms. The van der Waals surface area contributed by atoms with Gasteiger partial charge in [-0.1, -0.05) is 26.0 Å². The summed E-state index contributed by atoms with van der Waals surface area (Å²) in [5.74, 6) is 1.52. The van der Waals surface area contributed by atoms with Gasteiger partial charge in [0.15, 0.2) is 0 Å². The van der Waals surface area contributed by atoms with Crippen molar-refractivity contribution < 1.29 is 4.74 Å². The van der Waals surface area contributed by atoms with E-state index in [0.29, 0.717) is 6.04 Å². The van der Waals surface area contributed by atoms with Gasteiger partial charge in [0.25, 0.3) is 0 Å². The molecule has 0 aromatic heterocycles. The van der Waals surface area contributed by atoms with Gasteiger partial charge in [0.1, 0.15) is 0 Å². The van der Waals surface area contributed by atoms with Crippen LogP contribution in [0.1, 0.15) is 46.1 Å². The number of nitrogens with zero attached hydrogens (tertiary/aromatic N) is 3. The van der Waals surface area contributed by atoms with Crippen molar-refractivity contribution in [2.45, 2.75) is 53.1 Å². The summed E-state index contributed by atoms with van der Waals surface area (Å²) < 4.78 is 5.86. The average Bonchev–Trinajstić information content (AvgIpc) is 2.66. The molecule has 0 unspecified atom stereocenters. The summed E-state index contributed by atoms with van der Waals surface area (Å²) in [5, 5.41) is 0. The van der Waals surface area contributed by atoms with Gasteiger partial charge in [0.05, 0.1) is 6.61 Å². The molecule has 4 nitrogen and oxygen atoms in total. The maximum atomic E-state index is 5.86. The number of ether oxygens (including phenoxy) is 1. The maximum absolute atomic E-state index is 5.86. The molecule has 2 aliphatic rings. The highest BCUT2D eigenvalue weighted by atomic mass is 16.5. The molecule has 1 aromatic rings. The van der Waals surface area contributed by atoms with Crippen LogP contribution in [0, 0.1) is 11.8 Å². The number of likely N-dealkylation sites (tertiary alicyclic amines) is 1. The summed E-state index contributed by atoms with van der Waals surface area (Å²) in [6, 6.07) is 9.93. The Kier molecular flexibility index (Phi) is 8.19. The molecule has 2 aliphatic heterocycles. The number of anilines is 1. The van der Waals surface area contributed by atoms with Crippen LogP contribution in [0.25, 0.3) is 0 Å². The van der Waals surface area contributed by atoms with Crippen LogP contribution in [-0.4, -0.2) is 68.3 Å². The molecule has 0 saturated carbocycles. The lowest BCUT2D eigenvalue weighted by atomic mass is 10.00. The Morgan fingerprint density at radius 3 is 2.25 bits per heavy atom. The first-order chi connectivity index (χ1) is 13.5. The normalized spacial score (nSPS) is 19.6. The van der Waals surface area contributed by atoms with Crippen molar-refractivity contribution in [3.8, 4) is 0 Å². The molecule has 0 N–H and O–H groups in total. The predicted molar refractivity (Wildman–Crippen MR) is 119 cm³/mol. The minimum absolute atomic E-state index is 0.662. The van der Waals surface area contributed by atoms with Crippen molar-refractivity contribution in [1.29, 1.82) is 0 Å². The van der Waals surface area contributed by atoms with Gasteiger partial charge in [0, 0.05) is 70.1 Å². The lowest BCUT2D eigenvalue weighted by Gasteiger charge is -2.39. The molecule has 0 bridgehead atoms. The van der Waals surface area contributed by atoms with Crippen LogP contribution in [0.3, 0.4) is 0 Å². The molecule has 158 valence electrons. The third-order valence-corrected chi connectivity index (χ3v) is 6.21. The van der Waals surface area contributed by atoms with E-state index in [-0.39, 0.29) is 0 Å². The zero-order valence-electron chi connectivity index (χ0n) is 18.6. The Morgan fingerprint density at radius 2 is 1.64 bits per heavy atom. The van der Waals surface area contributed by atoms with Crippen LogP contribution in [0.2, 0.25) is 0 Å². The second-order valence-electron chi connectivity index (χ2n) is 9.45. The largest absolute Gasteiger partial charge is 0.381 e. The minimum Gasteiger partial charge on any atom is -0.381 e. The summed E-state index contributed by atoms with van der Waals surface area (Å²) in [6.07, 6.45) is 2.48. The zero-order chi connectivity index (χ0) is 19.9. The van der Waals surface area contributed by atoms with Crippen LogP contribution >= 0.6 is 0 Å². The molecule has 28 heavy (non-hydrogen) atoms. The van der Waals surface area contributed by atoms with Gasteiger partial charge < -0.3 is 9.64 Å². The number of hydrogen-bond acceptors (Lipinski definition) is 4. The molecule has 0 atom stereocenters. The molecule has 0 radical (unpaired) electrons. The van der Waals surface area contributed by atoms with Gasteiger partial charge in [-0.15, -0.1) is 0 Å². The van der Waals surface area contributed by atoms with E-state index in [0.717, 1.165) is 44.7 Å². The number of piperazine rings is 1. The van der Waals surface area contributed by atoms with Crippen molar-refractivity contribution in [1.82, 2.24) is 9.80 Å². The van der Waals surface area contributed by atoms with E-state index in [1.54, 1.807) is 0 Å². The average molecular weight is 388 g/mol. The van der Waals surface area contributed by atoms with Gasteiger partial charge in [-0.25, -0.2) is 0 Å². The predicted octanol–water partition coefficient (Wildman–Crippen LogP) is 4.10. The third-order valence-electron chi connectivity index (χ3n) is 6.21. The van der Waals surface area contributed by atoms with E-state index < -0.39 is 0 Å². The Balaban J connectivity index is 1.31. The monoisotopic (exact) mass is 387 g/mol. The van der Waals surface area contributed by atoms with Crippen molar-refractivity contribution >= 4 is 5.69 Å². The van der Waals surface area contributed by atoms with Crippen LogP contribution in [0.15, 0.2) is 24.3 Å². The topological polar surface area (TPSA) is 19.0 Å². The smallest absolute Gasteiger partial charge is 0.0518 e. The van der Waals surface area contributed by atoms with Crippen LogP contribution in [-0.2, 0) is 11.3 Å². The number of benzene rings is 1. The van der Waals surface area contributed by atoms with Gasteiger partial charge in [-0.05, 0) is 50.3 Å².